The van der Waals surface area contributed by atoms with Crippen LogP contribution in [0.4, 0.5) is 0 Å². The summed E-state index contributed by atoms with van der Waals surface area (Å²) in [7, 11) is 0. The van der Waals surface area contributed by atoms with Crippen molar-refractivity contribution in [3.05, 3.63) is 64.5 Å². The molecule has 1 aliphatic rings. The summed E-state index contributed by atoms with van der Waals surface area (Å²) in [6.45, 7) is 3.89. The van der Waals surface area contributed by atoms with Gasteiger partial charge in [-0.25, -0.2) is 4.98 Å². The van der Waals surface area contributed by atoms with E-state index in [0.717, 1.165) is 42.4 Å². The number of fused-ring (bicyclic) bond motifs is 1. The highest BCUT2D eigenvalue weighted by Gasteiger charge is 2.25. The monoisotopic (exact) mass is 350 g/mol. The van der Waals surface area contributed by atoms with Crippen molar-refractivity contribution >= 4 is 16.8 Å². The Morgan fingerprint density at radius 3 is 2.85 bits per heavy atom. The lowest BCUT2D eigenvalue weighted by Crippen LogP contribution is -2.40. The van der Waals surface area contributed by atoms with E-state index in [9.17, 15) is 9.59 Å². The van der Waals surface area contributed by atoms with Crippen molar-refractivity contribution in [2.75, 3.05) is 13.1 Å². The molecule has 1 aliphatic heterocycles. The number of aromatic amines is 1. The minimum atomic E-state index is 0.0253. The van der Waals surface area contributed by atoms with E-state index < -0.39 is 0 Å². The molecule has 3 heterocycles. The molecule has 1 amide bonds. The third-order valence-electron chi connectivity index (χ3n) is 5.25. The van der Waals surface area contributed by atoms with E-state index in [1.54, 1.807) is 30.2 Å². The number of carbonyl (C=O) groups is 1. The SMILES string of the molecule is Cc1cncn(CC2CCN(C(=O)c3c[nH]c4ccccc34)CC2)c1=O. The van der Waals surface area contributed by atoms with Gasteiger partial charge in [0.1, 0.15) is 0 Å². The molecule has 3 aromatic rings. The normalized spacial score (nSPS) is 15.5. The maximum atomic E-state index is 12.9. The maximum absolute atomic E-state index is 12.9. The number of hydrogen-bond acceptors (Lipinski definition) is 3. The number of benzene rings is 1. The van der Waals surface area contributed by atoms with Gasteiger partial charge >= 0.3 is 0 Å². The van der Waals surface area contributed by atoms with E-state index in [4.69, 9.17) is 0 Å². The molecule has 0 bridgehead atoms. The summed E-state index contributed by atoms with van der Waals surface area (Å²) in [5.74, 6) is 0.471. The second-order valence-electron chi connectivity index (χ2n) is 7.02. The van der Waals surface area contributed by atoms with Gasteiger partial charge in [0.05, 0.1) is 11.9 Å². The highest BCUT2D eigenvalue weighted by molar-refractivity contribution is 6.06. The molecule has 0 unspecified atom stereocenters. The Hall–Kier alpha value is -2.89. The van der Waals surface area contributed by atoms with Crippen LogP contribution in [0.25, 0.3) is 10.9 Å². The molecule has 0 saturated carbocycles. The van der Waals surface area contributed by atoms with E-state index >= 15 is 0 Å². The van der Waals surface area contributed by atoms with Crippen LogP contribution in [0.3, 0.4) is 0 Å². The summed E-state index contributed by atoms with van der Waals surface area (Å²) < 4.78 is 1.69. The molecule has 0 atom stereocenters. The van der Waals surface area contributed by atoms with Gasteiger partial charge in [0.2, 0.25) is 0 Å². The summed E-state index contributed by atoms with van der Waals surface area (Å²) in [6, 6.07) is 7.86. The van der Waals surface area contributed by atoms with Gasteiger partial charge in [0, 0.05) is 48.5 Å². The van der Waals surface area contributed by atoms with Crippen molar-refractivity contribution in [2.45, 2.75) is 26.3 Å². The first-order valence-electron chi connectivity index (χ1n) is 9.00. The molecule has 1 fully saturated rings. The van der Waals surface area contributed by atoms with Crippen LogP contribution >= 0.6 is 0 Å². The molecule has 0 aliphatic carbocycles. The van der Waals surface area contributed by atoms with E-state index in [1.165, 1.54) is 0 Å². The molecule has 1 saturated heterocycles. The average Bonchev–Trinajstić information content (AvgIpc) is 3.10. The summed E-state index contributed by atoms with van der Waals surface area (Å²) >= 11 is 0. The Labute approximate surface area is 151 Å². The fourth-order valence-electron chi connectivity index (χ4n) is 3.71. The van der Waals surface area contributed by atoms with Crippen LogP contribution in [0.1, 0.15) is 28.8 Å². The molecular weight excluding hydrogens is 328 g/mol. The van der Waals surface area contributed by atoms with Crippen LogP contribution in [0, 0.1) is 12.8 Å². The highest BCUT2D eigenvalue weighted by atomic mass is 16.2. The van der Waals surface area contributed by atoms with Crippen molar-refractivity contribution in [3.8, 4) is 0 Å². The van der Waals surface area contributed by atoms with Crippen LogP contribution in [0.2, 0.25) is 0 Å². The third-order valence-corrected chi connectivity index (χ3v) is 5.25. The van der Waals surface area contributed by atoms with E-state index in [-0.39, 0.29) is 11.5 Å². The van der Waals surface area contributed by atoms with E-state index in [1.807, 2.05) is 29.2 Å². The number of likely N-dealkylation sites (tertiary alicyclic amines) is 1. The summed E-state index contributed by atoms with van der Waals surface area (Å²) in [4.78, 5) is 34.2. The van der Waals surface area contributed by atoms with E-state index in [0.29, 0.717) is 18.0 Å². The molecule has 1 aromatic carbocycles. The fraction of sp³-hybridized carbons (Fsp3) is 0.350. The number of H-pyrrole nitrogens is 1. The summed E-state index contributed by atoms with van der Waals surface area (Å²) in [5, 5.41) is 0.969. The fourth-order valence-corrected chi connectivity index (χ4v) is 3.71. The minimum absolute atomic E-state index is 0.0253. The van der Waals surface area contributed by atoms with Crippen molar-refractivity contribution in [3.63, 3.8) is 0 Å². The van der Waals surface area contributed by atoms with Crippen LogP contribution in [-0.4, -0.2) is 38.4 Å². The maximum Gasteiger partial charge on any atom is 0.256 e. The third kappa shape index (κ3) is 3.03. The van der Waals surface area contributed by atoms with Crippen molar-refractivity contribution < 1.29 is 4.79 Å². The topological polar surface area (TPSA) is 71.0 Å². The first kappa shape index (κ1) is 16.6. The first-order valence-corrected chi connectivity index (χ1v) is 9.00. The molecule has 134 valence electrons. The predicted octanol–water partition coefficient (Wildman–Crippen LogP) is 2.59. The smallest absolute Gasteiger partial charge is 0.256 e. The molecule has 2 aromatic heterocycles. The number of nitrogens with one attached hydrogen (secondary N) is 1. The zero-order chi connectivity index (χ0) is 18.1. The Bertz CT molecular complexity index is 996. The zero-order valence-corrected chi connectivity index (χ0v) is 14.8. The lowest BCUT2D eigenvalue weighted by molar-refractivity contribution is 0.0684. The standard InChI is InChI=1S/C20H22N4O2/c1-14-10-21-13-24(19(14)25)12-15-6-8-23(9-7-15)20(26)17-11-22-18-5-3-2-4-16(17)18/h2-5,10-11,13,15,22H,6-9,12H2,1H3. The Morgan fingerprint density at radius 1 is 1.27 bits per heavy atom. The van der Waals surface area contributed by atoms with Gasteiger partial charge in [-0.2, -0.15) is 0 Å². The largest absolute Gasteiger partial charge is 0.360 e. The van der Waals surface area contributed by atoms with Crippen molar-refractivity contribution in [2.24, 2.45) is 5.92 Å². The molecule has 0 radical (unpaired) electrons. The van der Waals surface area contributed by atoms with Gasteiger partial charge in [0.25, 0.3) is 11.5 Å². The van der Waals surface area contributed by atoms with Gasteiger partial charge < -0.3 is 9.88 Å². The molecule has 4 rings (SSSR count). The van der Waals surface area contributed by atoms with E-state index in [2.05, 4.69) is 9.97 Å². The number of hydrogen-bond donors (Lipinski definition) is 1. The predicted molar refractivity (Wildman–Crippen MR) is 100 cm³/mol. The number of piperidine rings is 1. The molecule has 6 heteroatoms. The van der Waals surface area contributed by atoms with Crippen molar-refractivity contribution in [1.29, 1.82) is 0 Å². The van der Waals surface area contributed by atoms with Crippen LogP contribution < -0.4 is 5.56 Å². The average molecular weight is 350 g/mol. The minimum Gasteiger partial charge on any atom is -0.360 e. The second kappa shape index (κ2) is 6.78. The van der Waals surface area contributed by atoms with Gasteiger partial charge in [0.15, 0.2) is 0 Å². The Balaban J connectivity index is 1.42. The lowest BCUT2D eigenvalue weighted by atomic mass is 9.96. The zero-order valence-electron chi connectivity index (χ0n) is 14.8. The molecular formula is C20H22N4O2. The number of nitrogens with zero attached hydrogens (tertiary/aromatic N) is 3. The van der Waals surface area contributed by atoms with Gasteiger partial charge in [-0.15, -0.1) is 0 Å². The van der Waals surface area contributed by atoms with Gasteiger partial charge in [-0.1, -0.05) is 18.2 Å². The molecule has 1 N–H and O–H groups in total. The Kier molecular flexibility index (Phi) is 4.32. The summed E-state index contributed by atoms with van der Waals surface area (Å²) in [5.41, 5.74) is 2.41. The lowest BCUT2D eigenvalue weighted by Gasteiger charge is -2.32. The van der Waals surface area contributed by atoms with Crippen molar-refractivity contribution in [1.82, 2.24) is 19.4 Å². The number of carbonyl (C=O) groups excluding carboxylic acids is 1. The number of aromatic nitrogens is 3. The van der Waals surface area contributed by atoms with Gasteiger partial charge in [-0.05, 0) is 31.7 Å². The van der Waals surface area contributed by atoms with Crippen LogP contribution in [0.15, 0.2) is 47.8 Å². The number of para-hydroxylation sites is 1. The van der Waals surface area contributed by atoms with Crippen LogP contribution in [0.5, 0.6) is 0 Å². The number of amides is 1. The number of rotatable bonds is 3. The molecule has 0 spiro atoms. The van der Waals surface area contributed by atoms with Crippen LogP contribution in [-0.2, 0) is 6.54 Å². The highest BCUT2D eigenvalue weighted by Crippen LogP contribution is 2.23. The summed E-state index contributed by atoms with van der Waals surface area (Å²) in [6.07, 6.45) is 6.81. The van der Waals surface area contributed by atoms with Gasteiger partial charge in [-0.3, -0.25) is 14.2 Å². The quantitative estimate of drug-likeness (QED) is 0.789. The second-order valence-corrected chi connectivity index (χ2v) is 7.02. The molecule has 6 nitrogen and oxygen atoms in total. The number of aryl methyl sites for hydroxylation is 1. The Morgan fingerprint density at radius 2 is 2.04 bits per heavy atom. The first-order chi connectivity index (χ1) is 12.6. The molecule has 26 heavy (non-hydrogen) atoms.